The smallest absolute Gasteiger partial charge is 0.255 e. The molecule has 1 rings (SSSR count). The van der Waals surface area contributed by atoms with Gasteiger partial charge in [-0.1, -0.05) is 13.0 Å². The first-order valence-corrected chi connectivity index (χ1v) is 4.75. The van der Waals surface area contributed by atoms with Crippen LogP contribution in [0, 0.1) is 6.92 Å². The van der Waals surface area contributed by atoms with Crippen LogP contribution in [0.3, 0.4) is 0 Å². The minimum absolute atomic E-state index is 0.287. The Labute approximate surface area is 83.1 Å². The number of benzene rings is 1. The Bertz CT molecular complexity index is 297. The standard InChI is InChI=1S/C11H15F2N/c1-3-9-4-5-10(6-8(9)2)14-7-11(12)13/h4-6,11,14H,3,7H2,1-2H3. The van der Waals surface area contributed by atoms with Crippen molar-refractivity contribution in [2.24, 2.45) is 0 Å². The van der Waals surface area contributed by atoms with E-state index in [1.165, 1.54) is 5.56 Å². The minimum atomic E-state index is -2.30. The molecule has 0 aliphatic carbocycles. The van der Waals surface area contributed by atoms with Crippen molar-refractivity contribution in [1.82, 2.24) is 0 Å². The second-order valence-corrected chi connectivity index (χ2v) is 3.27. The van der Waals surface area contributed by atoms with E-state index in [2.05, 4.69) is 12.2 Å². The predicted molar refractivity (Wildman–Crippen MR) is 55.1 cm³/mol. The van der Waals surface area contributed by atoms with Crippen molar-refractivity contribution >= 4 is 5.69 Å². The van der Waals surface area contributed by atoms with E-state index in [1.54, 1.807) is 0 Å². The van der Waals surface area contributed by atoms with E-state index in [0.717, 1.165) is 17.7 Å². The largest absolute Gasteiger partial charge is 0.379 e. The molecule has 14 heavy (non-hydrogen) atoms. The summed E-state index contributed by atoms with van der Waals surface area (Å²) in [5, 5.41) is 2.69. The van der Waals surface area contributed by atoms with Crippen LogP contribution in [0.5, 0.6) is 0 Å². The summed E-state index contributed by atoms with van der Waals surface area (Å²) in [5.41, 5.74) is 3.17. The molecular formula is C11H15F2N. The van der Waals surface area contributed by atoms with Crippen molar-refractivity contribution in [1.29, 1.82) is 0 Å². The lowest BCUT2D eigenvalue weighted by molar-refractivity contribution is 0.163. The van der Waals surface area contributed by atoms with E-state index in [4.69, 9.17) is 0 Å². The molecule has 0 unspecified atom stereocenters. The monoisotopic (exact) mass is 199 g/mol. The van der Waals surface area contributed by atoms with Crippen molar-refractivity contribution in [3.63, 3.8) is 0 Å². The van der Waals surface area contributed by atoms with Gasteiger partial charge < -0.3 is 5.32 Å². The molecule has 0 fully saturated rings. The van der Waals surface area contributed by atoms with Crippen LogP contribution in [0.15, 0.2) is 18.2 Å². The zero-order valence-electron chi connectivity index (χ0n) is 8.48. The summed E-state index contributed by atoms with van der Waals surface area (Å²) >= 11 is 0. The average Bonchev–Trinajstić information content (AvgIpc) is 2.15. The first-order chi connectivity index (χ1) is 6.63. The SMILES string of the molecule is CCc1ccc(NCC(F)F)cc1C. The van der Waals surface area contributed by atoms with Gasteiger partial charge in [-0.2, -0.15) is 0 Å². The molecule has 1 aromatic rings. The molecule has 0 aliphatic rings. The highest BCUT2D eigenvalue weighted by Crippen LogP contribution is 2.15. The maximum absolute atomic E-state index is 11.9. The van der Waals surface area contributed by atoms with Crippen LogP contribution in [0.4, 0.5) is 14.5 Å². The first-order valence-electron chi connectivity index (χ1n) is 4.75. The van der Waals surface area contributed by atoms with Crippen LogP contribution in [0.25, 0.3) is 0 Å². The average molecular weight is 199 g/mol. The molecule has 0 atom stereocenters. The van der Waals surface area contributed by atoms with Gasteiger partial charge in [0.1, 0.15) is 0 Å². The zero-order valence-corrected chi connectivity index (χ0v) is 8.48. The number of halogens is 2. The summed E-state index contributed by atoms with van der Waals surface area (Å²) < 4.78 is 23.8. The molecule has 0 aromatic heterocycles. The minimum Gasteiger partial charge on any atom is -0.379 e. The van der Waals surface area contributed by atoms with Crippen LogP contribution in [0.2, 0.25) is 0 Å². The van der Waals surface area contributed by atoms with Gasteiger partial charge >= 0.3 is 0 Å². The number of rotatable bonds is 4. The quantitative estimate of drug-likeness (QED) is 0.785. The van der Waals surface area contributed by atoms with Gasteiger partial charge in [-0.25, -0.2) is 8.78 Å². The lowest BCUT2D eigenvalue weighted by Crippen LogP contribution is -2.10. The maximum atomic E-state index is 11.9. The molecule has 1 N–H and O–H groups in total. The number of alkyl halides is 2. The fraction of sp³-hybridized carbons (Fsp3) is 0.455. The highest BCUT2D eigenvalue weighted by Gasteiger charge is 2.02. The number of hydrogen-bond acceptors (Lipinski definition) is 1. The molecule has 78 valence electrons. The summed E-state index contributed by atoms with van der Waals surface area (Å²) in [7, 11) is 0. The van der Waals surface area contributed by atoms with Gasteiger partial charge in [0.15, 0.2) is 0 Å². The molecule has 0 spiro atoms. The van der Waals surface area contributed by atoms with Gasteiger partial charge in [0.05, 0.1) is 6.54 Å². The summed E-state index contributed by atoms with van der Waals surface area (Å²) in [6.45, 7) is 3.78. The molecular weight excluding hydrogens is 184 g/mol. The molecule has 0 aliphatic heterocycles. The predicted octanol–water partition coefficient (Wildman–Crippen LogP) is 3.23. The number of hydrogen-bond donors (Lipinski definition) is 1. The third kappa shape index (κ3) is 2.98. The van der Waals surface area contributed by atoms with Crippen molar-refractivity contribution in [2.45, 2.75) is 26.7 Å². The molecule has 0 saturated carbocycles. The van der Waals surface area contributed by atoms with Gasteiger partial charge in [0.2, 0.25) is 0 Å². The van der Waals surface area contributed by atoms with Gasteiger partial charge in [-0.3, -0.25) is 0 Å². The maximum Gasteiger partial charge on any atom is 0.255 e. The molecule has 0 radical (unpaired) electrons. The second kappa shape index (κ2) is 4.94. The molecule has 1 nitrogen and oxygen atoms in total. The summed E-state index contributed by atoms with van der Waals surface area (Å²) in [4.78, 5) is 0. The zero-order chi connectivity index (χ0) is 10.6. The molecule has 1 aromatic carbocycles. The molecule has 3 heteroatoms. The second-order valence-electron chi connectivity index (χ2n) is 3.27. The highest BCUT2D eigenvalue weighted by molar-refractivity contribution is 5.48. The summed E-state index contributed by atoms with van der Waals surface area (Å²) in [5.74, 6) is 0. The van der Waals surface area contributed by atoms with Crippen LogP contribution >= 0.6 is 0 Å². The van der Waals surface area contributed by atoms with Gasteiger partial charge in [-0.15, -0.1) is 0 Å². The van der Waals surface area contributed by atoms with E-state index in [1.807, 2.05) is 25.1 Å². The van der Waals surface area contributed by atoms with Crippen LogP contribution in [0.1, 0.15) is 18.1 Å². The molecule has 0 heterocycles. The van der Waals surface area contributed by atoms with Crippen LogP contribution in [-0.2, 0) is 6.42 Å². The fourth-order valence-corrected chi connectivity index (χ4v) is 1.40. The molecule has 0 bridgehead atoms. The third-order valence-corrected chi connectivity index (χ3v) is 2.18. The fourth-order valence-electron chi connectivity index (χ4n) is 1.40. The topological polar surface area (TPSA) is 12.0 Å². The van der Waals surface area contributed by atoms with Crippen molar-refractivity contribution in [3.8, 4) is 0 Å². The molecule has 0 amide bonds. The van der Waals surface area contributed by atoms with Crippen molar-refractivity contribution < 1.29 is 8.78 Å². The Morgan fingerprint density at radius 3 is 2.57 bits per heavy atom. The number of anilines is 1. The Kier molecular flexibility index (Phi) is 3.86. The van der Waals surface area contributed by atoms with Crippen LogP contribution < -0.4 is 5.32 Å². The first kappa shape index (κ1) is 11.0. The van der Waals surface area contributed by atoms with E-state index in [-0.39, 0.29) is 6.54 Å². The Morgan fingerprint density at radius 1 is 1.36 bits per heavy atom. The lowest BCUT2D eigenvalue weighted by Gasteiger charge is -2.08. The Balaban J connectivity index is 2.66. The van der Waals surface area contributed by atoms with Crippen LogP contribution in [-0.4, -0.2) is 13.0 Å². The van der Waals surface area contributed by atoms with E-state index >= 15 is 0 Å². The van der Waals surface area contributed by atoms with E-state index in [0.29, 0.717) is 0 Å². The van der Waals surface area contributed by atoms with Crippen molar-refractivity contribution in [3.05, 3.63) is 29.3 Å². The number of nitrogens with one attached hydrogen (secondary N) is 1. The summed E-state index contributed by atoms with van der Waals surface area (Å²) in [6.07, 6.45) is -1.33. The molecule has 0 saturated heterocycles. The summed E-state index contributed by atoms with van der Waals surface area (Å²) in [6, 6.07) is 5.72. The van der Waals surface area contributed by atoms with Crippen molar-refractivity contribution in [2.75, 3.05) is 11.9 Å². The van der Waals surface area contributed by atoms with Gasteiger partial charge in [0, 0.05) is 5.69 Å². The lowest BCUT2D eigenvalue weighted by atomic mass is 10.1. The Hall–Kier alpha value is -1.12. The highest BCUT2D eigenvalue weighted by atomic mass is 19.3. The normalized spacial score (nSPS) is 10.6. The van der Waals surface area contributed by atoms with E-state index in [9.17, 15) is 8.78 Å². The number of aryl methyl sites for hydroxylation is 2. The Morgan fingerprint density at radius 2 is 2.07 bits per heavy atom. The van der Waals surface area contributed by atoms with E-state index < -0.39 is 6.43 Å². The third-order valence-electron chi connectivity index (χ3n) is 2.18. The van der Waals surface area contributed by atoms with Gasteiger partial charge in [-0.05, 0) is 36.6 Å². The van der Waals surface area contributed by atoms with Gasteiger partial charge in [0.25, 0.3) is 6.43 Å².